The number of sulfonamides is 1. The highest BCUT2D eigenvalue weighted by Gasteiger charge is 2.44. The van der Waals surface area contributed by atoms with Crippen molar-refractivity contribution in [2.24, 2.45) is 10.6 Å². The number of nitrogens with two attached hydrogens (primary N) is 1. The molecule has 1 fully saturated rings. The van der Waals surface area contributed by atoms with Crippen LogP contribution in [0.3, 0.4) is 0 Å². The fourth-order valence-electron chi connectivity index (χ4n) is 2.90. The Morgan fingerprint density at radius 2 is 1.96 bits per heavy atom. The van der Waals surface area contributed by atoms with Gasteiger partial charge in [-0.05, 0) is 37.0 Å². The third kappa shape index (κ3) is 4.15. The summed E-state index contributed by atoms with van der Waals surface area (Å²) in [5.74, 6) is -0.231. The summed E-state index contributed by atoms with van der Waals surface area (Å²) in [5.41, 5.74) is 1.34. The van der Waals surface area contributed by atoms with Crippen molar-refractivity contribution in [1.29, 1.82) is 0 Å². The number of hydrogen-bond acceptors (Lipinski definition) is 5. The van der Waals surface area contributed by atoms with Gasteiger partial charge in [-0.1, -0.05) is 30.3 Å². The average Bonchev–Trinajstić information content (AvgIpc) is 3.26. The van der Waals surface area contributed by atoms with Crippen molar-refractivity contribution in [3.63, 3.8) is 0 Å². The Morgan fingerprint density at radius 1 is 1.31 bits per heavy atom. The van der Waals surface area contributed by atoms with Crippen molar-refractivity contribution in [2.75, 3.05) is 13.2 Å². The molecule has 1 aromatic carbocycles. The van der Waals surface area contributed by atoms with Crippen LogP contribution in [0, 0.1) is 12.3 Å². The van der Waals surface area contributed by atoms with E-state index in [-0.39, 0.29) is 22.1 Å². The van der Waals surface area contributed by atoms with Crippen LogP contribution in [0.2, 0.25) is 0 Å². The largest absolute Gasteiger partial charge is 0.396 e. The monoisotopic (exact) mass is 394 g/mol. The number of nitrogens with zero attached hydrogens (tertiary/aromatic N) is 1. The molecule has 2 aromatic rings. The molecule has 0 bridgehead atoms. The fraction of sp³-hybridized carbons (Fsp3) is 0.389. The van der Waals surface area contributed by atoms with E-state index < -0.39 is 10.0 Å². The molecule has 0 atom stereocenters. The van der Waals surface area contributed by atoms with Crippen molar-refractivity contribution in [3.05, 3.63) is 52.4 Å². The molecular weight excluding hydrogens is 372 g/mol. The van der Waals surface area contributed by atoms with Crippen LogP contribution in [0.25, 0.3) is 0 Å². The highest BCUT2D eigenvalue weighted by atomic mass is 32.2. The molecule has 140 valence electrons. The lowest BCUT2D eigenvalue weighted by Gasteiger charge is -2.27. The summed E-state index contributed by atoms with van der Waals surface area (Å²) in [6.07, 6.45) is 1.77. The van der Waals surface area contributed by atoms with Crippen LogP contribution >= 0.6 is 11.3 Å². The molecule has 0 unspecified atom stereocenters. The van der Waals surface area contributed by atoms with Gasteiger partial charge in [0.15, 0.2) is 0 Å². The third-order valence-electron chi connectivity index (χ3n) is 4.69. The number of aliphatic hydroxyl groups is 1. The number of amides is 1. The number of benzene rings is 1. The second-order valence-corrected chi connectivity index (χ2v) is 9.77. The van der Waals surface area contributed by atoms with Gasteiger partial charge in [0.05, 0.1) is 11.5 Å². The van der Waals surface area contributed by atoms with E-state index in [2.05, 4.69) is 0 Å². The molecule has 0 saturated heterocycles. The highest BCUT2D eigenvalue weighted by Crippen LogP contribution is 2.46. The third-order valence-corrected chi connectivity index (χ3v) is 7.34. The molecule has 1 aliphatic rings. The first kappa shape index (κ1) is 19.0. The molecule has 1 aromatic heterocycles. The predicted molar refractivity (Wildman–Crippen MR) is 100 cm³/mol. The van der Waals surface area contributed by atoms with Gasteiger partial charge >= 0.3 is 0 Å². The number of primary sulfonamides is 1. The van der Waals surface area contributed by atoms with Crippen LogP contribution in [0.1, 0.15) is 33.6 Å². The van der Waals surface area contributed by atoms with E-state index in [1.165, 1.54) is 6.07 Å². The number of carbonyl (C=O) groups excluding carboxylic acids is 1. The molecule has 26 heavy (non-hydrogen) atoms. The first-order chi connectivity index (χ1) is 12.2. The van der Waals surface area contributed by atoms with Gasteiger partial charge in [0.2, 0.25) is 10.0 Å². The smallest absolute Gasteiger partial charge is 0.264 e. The second kappa shape index (κ2) is 7.11. The zero-order valence-corrected chi connectivity index (χ0v) is 16.1. The molecule has 0 radical (unpaired) electrons. The van der Waals surface area contributed by atoms with Gasteiger partial charge in [0, 0.05) is 18.5 Å². The Hall–Kier alpha value is -1.74. The van der Waals surface area contributed by atoms with Gasteiger partial charge in [0.25, 0.3) is 5.91 Å². The number of thiophene rings is 1. The normalized spacial score (nSPS) is 15.7. The van der Waals surface area contributed by atoms with Crippen molar-refractivity contribution in [2.45, 2.75) is 30.5 Å². The Kier molecular flexibility index (Phi) is 5.21. The average molecular weight is 395 g/mol. The summed E-state index contributed by atoms with van der Waals surface area (Å²) < 4.78 is 23.2. The molecule has 6 nitrogen and oxygen atoms in total. The van der Waals surface area contributed by atoms with Gasteiger partial charge in [0.1, 0.15) is 4.21 Å². The summed E-state index contributed by atoms with van der Waals surface area (Å²) in [6, 6.07) is 11.0. The summed E-state index contributed by atoms with van der Waals surface area (Å²) in [4.78, 5) is 15.2. The van der Waals surface area contributed by atoms with Crippen LogP contribution in [-0.2, 0) is 16.6 Å². The Balaban J connectivity index is 1.90. The Labute approximate surface area is 157 Å². The maximum Gasteiger partial charge on any atom is 0.264 e. The van der Waals surface area contributed by atoms with Gasteiger partial charge < -0.3 is 10.0 Å². The fourth-order valence-corrected chi connectivity index (χ4v) is 4.83. The maximum absolute atomic E-state index is 13.2. The van der Waals surface area contributed by atoms with Crippen LogP contribution in [-0.4, -0.2) is 37.5 Å². The minimum Gasteiger partial charge on any atom is -0.396 e. The molecule has 3 N–H and O–H groups in total. The molecule has 8 heteroatoms. The van der Waals surface area contributed by atoms with E-state index in [4.69, 9.17) is 5.14 Å². The zero-order valence-electron chi connectivity index (χ0n) is 14.5. The summed E-state index contributed by atoms with van der Waals surface area (Å²) >= 11 is 0.901. The SMILES string of the molecule is Cc1cc(S(N)(=O)=O)sc1C(=O)N(Cc1ccccc1)CC1(CO)CC1. The molecule has 3 rings (SSSR count). The topological polar surface area (TPSA) is 101 Å². The minimum atomic E-state index is -3.84. The lowest BCUT2D eigenvalue weighted by molar-refractivity contribution is 0.0670. The Bertz CT molecular complexity index is 903. The number of hydrogen-bond donors (Lipinski definition) is 2. The molecule has 0 spiro atoms. The number of aliphatic hydroxyl groups excluding tert-OH is 1. The number of rotatable bonds is 7. The first-order valence-corrected chi connectivity index (χ1v) is 10.7. The van der Waals surface area contributed by atoms with Gasteiger partial charge in [-0.15, -0.1) is 11.3 Å². The van der Waals surface area contributed by atoms with Crippen molar-refractivity contribution < 1.29 is 18.3 Å². The molecular formula is C18H22N2O4S2. The van der Waals surface area contributed by atoms with E-state index in [0.717, 1.165) is 29.7 Å². The van der Waals surface area contributed by atoms with Gasteiger partial charge in [-0.2, -0.15) is 0 Å². The van der Waals surface area contributed by atoms with Crippen LogP contribution in [0.5, 0.6) is 0 Å². The van der Waals surface area contributed by atoms with E-state index in [0.29, 0.717) is 23.5 Å². The van der Waals surface area contributed by atoms with Crippen LogP contribution < -0.4 is 5.14 Å². The summed E-state index contributed by atoms with van der Waals surface area (Å²) in [7, 11) is -3.84. The van der Waals surface area contributed by atoms with Crippen molar-refractivity contribution in [1.82, 2.24) is 4.90 Å². The first-order valence-electron chi connectivity index (χ1n) is 8.31. The lowest BCUT2D eigenvalue weighted by atomic mass is 10.1. The molecule has 1 aliphatic carbocycles. The standard InChI is InChI=1S/C18H22N2O4S2/c1-13-9-15(26(19,23)24)25-16(13)17(22)20(11-18(12-21)7-8-18)10-14-5-3-2-4-6-14/h2-6,9,21H,7-8,10-12H2,1H3,(H2,19,23,24). The van der Waals surface area contributed by atoms with Crippen molar-refractivity contribution >= 4 is 27.3 Å². The quantitative estimate of drug-likeness (QED) is 0.751. The van der Waals surface area contributed by atoms with E-state index >= 15 is 0 Å². The summed E-state index contributed by atoms with van der Waals surface area (Å²) in [6.45, 7) is 2.60. The van der Waals surface area contributed by atoms with Crippen LogP contribution in [0.15, 0.2) is 40.6 Å². The van der Waals surface area contributed by atoms with E-state index in [1.807, 2.05) is 30.3 Å². The molecule has 0 aliphatic heterocycles. The molecule has 1 heterocycles. The van der Waals surface area contributed by atoms with E-state index in [1.54, 1.807) is 11.8 Å². The van der Waals surface area contributed by atoms with Crippen molar-refractivity contribution in [3.8, 4) is 0 Å². The van der Waals surface area contributed by atoms with Gasteiger partial charge in [-0.3, -0.25) is 4.79 Å². The second-order valence-electron chi connectivity index (χ2n) is 6.93. The predicted octanol–water partition coefficient (Wildman–Crippen LogP) is 2.12. The minimum absolute atomic E-state index is 0.0127. The maximum atomic E-state index is 13.2. The zero-order chi connectivity index (χ0) is 18.9. The van der Waals surface area contributed by atoms with Gasteiger partial charge in [-0.25, -0.2) is 13.6 Å². The van der Waals surface area contributed by atoms with E-state index in [9.17, 15) is 18.3 Å². The molecule has 1 amide bonds. The van der Waals surface area contributed by atoms with Crippen LogP contribution in [0.4, 0.5) is 0 Å². The molecule has 1 saturated carbocycles. The highest BCUT2D eigenvalue weighted by molar-refractivity contribution is 7.91. The Morgan fingerprint density at radius 3 is 2.46 bits per heavy atom. The number of aryl methyl sites for hydroxylation is 1. The summed E-state index contributed by atoms with van der Waals surface area (Å²) in [5, 5.41) is 14.9. The lowest BCUT2D eigenvalue weighted by Crippen LogP contribution is -2.36. The number of carbonyl (C=O) groups is 1.